The fourth-order valence-corrected chi connectivity index (χ4v) is 4.76. The molecule has 0 aliphatic carbocycles. The molecular formula is C22H38N2O16. The smallest absolute Gasteiger partial charge is 0.217 e. The molecule has 3 aliphatic rings. The molecule has 0 bridgehead atoms. The van der Waals surface area contributed by atoms with E-state index < -0.39 is 124 Å². The van der Waals surface area contributed by atoms with E-state index in [0.717, 1.165) is 13.8 Å². The molecule has 0 aromatic carbocycles. The Morgan fingerprint density at radius 1 is 0.650 bits per heavy atom. The minimum absolute atomic E-state index is 0.580. The first-order chi connectivity index (χ1) is 18.8. The normalized spacial score (nSPS) is 46.0. The Kier molecular flexibility index (Phi) is 11.5. The maximum Gasteiger partial charge on any atom is 0.217 e. The van der Waals surface area contributed by atoms with E-state index in [-0.39, 0.29) is 0 Å². The van der Waals surface area contributed by atoms with Crippen LogP contribution in [-0.4, -0.2) is 170 Å². The Morgan fingerprint density at radius 3 is 1.75 bits per heavy atom. The van der Waals surface area contributed by atoms with E-state index in [1.165, 1.54) is 0 Å². The van der Waals surface area contributed by atoms with Crippen LogP contribution >= 0.6 is 0 Å². The second kappa shape index (κ2) is 14.0. The lowest BCUT2D eigenvalue weighted by Crippen LogP contribution is -2.68. The predicted molar refractivity (Wildman–Crippen MR) is 124 cm³/mol. The van der Waals surface area contributed by atoms with Crippen molar-refractivity contribution in [1.82, 2.24) is 10.6 Å². The molecule has 3 rings (SSSR count). The number of ether oxygens (including phenoxy) is 5. The first-order valence-electron chi connectivity index (χ1n) is 12.6. The zero-order chi connectivity index (χ0) is 29.9. The molecule has 18 heteroatoms. The lowest BCUT2D eigenvalue weighted by molar-refractivity contribution is -0.348. The largest absolute Gasteiger partial charge is 0.394 e. The molecule has 0 unspecified atom stereocenters. The summed E-state index contributed by atoms with van der Waals surface area (Å²) in [6.45, 7) is 0.143. The number of hydrogen-bond acceptors (Lipinski definition) is 16. The van der Waals surface area contributed by atoms with Gasteiger partial charge in [0.15, 0.2) is 18.9 Å². The summed E-state index contributed by atoms with van der Waals surface area (Å²) < 4.78 is 27.5. The Balaban J connectivity index is 1.79. The molecule has 2 amide bonds. The lowest BCUT2D eigenvalue weighted by atomic mass is 9.95. The number of nitrogens with one attached hydrogen (secondary N) is 2. The highest BCUT2D eigenvalue weighted by Crippen LogP contribution is 2.30. The second-order valence-electron chi connectivity index (χ2n) is 9.85. The summed E-state index contributed by atoms with van der Waals surface area (Å²) in [5.74, 6) is -1.25. The zero-order valence-electron chi connectivity index (χ0n) is 21.7. The van der Waals surface area contributed by atoms with Crippen molar-refractivity contribution in [3.63, 3.8) is 0 Å². The summed E-state index contributed by atoms with van der Waals surface area (Å²) in [5.41, 5.74) is 0. The highest BCUT2D eigenvalue weighted by Gasteiger charge is 2.52. The number of aliphatic hydroxyl groups is 9. The SMILES string of the molecule is CC(=O)N[C@@H]1[C@@H](O)[C@@H](O)[C@@H](CO[C@@H]2O[C@H](CO)[C@@H](O)[C@H](O[C@@H]3O[C@H](CO)[C@H](O)[C@H](O)[C@H]3O)[C@H]2NC(C)=O)O[C@H]1O. The molecule has 232 valence electrons. The number of carbonyl (C=O) groups excluding carboxylic acids is 2. The molecule has 15 atom stereocenters. The molecule has 0 spiro atoms. The summed E-state index contributed by atoms with van der Waals surface area (Å²) in [5, 5.41) is 96.3. The Labute approximate surface area is 228 Å². The number of rotatable bonds is 9. The van der Waals surface area contributed by atoms with Gasteiger partial charge in [-0.3, -0.25) is 9.59 Å². The molecular weight excluding hydrogens is 548 g/mol. The van der Waals surface area contributed by atoms with E-state index in [4.69, 9.17) is 23.7 Å². The van der Waals surface area contributed by atoms with E-state index in [1.807, 2.05) is 0 Å². The van der Waals surface area contributed by atoms with Gasteiger partial charge in [-0.1, -0.05) is 0 Å². The Morgan fingerprint density at radius 2 is 1.18 bits per heavy atom. The minimum atomic E-state index is -1.86. The van der Waals surface area contributed by atoms with Crippen LogP contribution in [0.5, 0.6) is 0 Å². The average Bonchev–Trinajstić information content (AvgIpc) is 2.90. The van der Waals surface area contributed by atoms with Gasteiger partial charge in [0.2, 0.25) is 11.8 Å². The number of aliphatic hydroxyl groups excluding tert-OH is 9. The van der Waals surface area contributed by atoms with Gasteiger partial charge < -0.3 is 80.3 Å². The van der Waals surface area contributed by atoms with Gasteiger partial charge in [0, 0.05) is 13.8 Å². The first kappa shape index (κ1) is 32.9. The van der Waals surface area contributed by atoms with Crippen LogP contribution in [0.1, 0.15) is 13.8 Å². The van der Waals surface area contributed by atoms with Crippen molar-refractivity contribution < 1.29 is 79.2 Å². The highest BCUT2D eigenvalue weighted by molar-refractivity contribution is 5.73. The third kappa shape index (κ3) is 7.23. The monoisotopic (exact) mass is 586 g/mol. The molecule has 3 aliphatic heterocycles. The maximum atomic E-state index is 12.0. The van der Waals surface area contributed by atoms with Crippen LogP contribution < -0.4 is 10.6 Å². The summed E-state index contributed by atoms with van der Waals surface area (Å²) in [4.78, 5) is 23.4. The molecule has 3 heterocycles. The Hall–Kier alpha value is -1.62. The van der Waals surface area contributed by atoms with E-state index in [0.29, 0.717) is 0 Å². The fourth-order valence-electron chi connectivity index (χ4n) is 4.76. The van der Waals surface area contributed by atoms with Gasteiger partial charge in [-0.05, 0) is 0 Å². The molecule has 0 saturated carbocycles. The van der Waals surface area contributed by atoms with Crippen molar-refractivity contribution in [2.24, 2.45) is 0 Å². The summed E-state index contributed by atoms with van der Waals surface area (Å²) in [7, 11) is 0. The molecule has 0 aromatic heterocycles. The third-order valence-corrected chi connectivity index (χ3v) is 6.88. The van der Waals surface area contributed by atoms with Crippen molar-refractivity contribution >= 4 is 11.8 Å². The van der Waals surface area contributed by atoms with Gasteiger partial charge in [0.1, 0.15) is 73.1 Å². The maximum absolute atomic E-state index is 12.0. The summed E-state index contributed by atoms with van der Waals surface area (Å²) >= 11 is 0. The number of amides is 2. The van der Waals surface area contributed by atoms with E-state index in [9.17, 15) is 55.5 Å². The molecule has 11 N–H and O–H groups in total. The van der Waals surface area contributed by atoms with Gasteiger partial charge in [-0.15, -0.1) is 0 Å². The molecule has 18 nitrogen and oxygen atoms in total. The van der Waals surface area contributed by atoms with Crippen LogP contribution in [0.4, 0.5) is 0 Å². The fraction of sp³-hybridized carbons (Fsp3) is 0.909. The van der Waals surface area contributed by atoms with Crippen LogP contribution in [0.3, 0.4) is 0 Å². The number of carbonyl (C=O) groups is 2. The van der Waals surface area contributed by atoms with E-state index in [1.54, 1.807) is 0 Å². The molecule has 3 saturated heterocycles. The molecule has 40 heavy (non-hydrogen) atoms. The standard InChI is InChI=1S/C22H38N2O16/c1-6(27)23-11-16(32)14(30)10(37-20(11)35)5-36-21-12(24-7(2)28)19(15(31)9(4-26)38-21)40-22-18(34)17(33)13(29)8(3-25)39-22/h8-22,25-26,29-35H,3-5H2,1-2H3,(H,23,27)(H,24,28)/t8-,9-,10-,11-,12-,13+,14+,15-,16-,17+,18-,19-,20-,21-,22+/m1/s1. The van der Waals surface area contributed by atoms with Crippen LogP contribution in [0.25, 0.3) is 0 Å². The van der Waals surface area contributed by atoms with Gasteiger partial charge in [0.25, 0.3) is 0 Å². The third-order valence-electron chi connectivity index (χ3n) is 6.88. The topological polar surface area (TPSA) is 286 Å². The summed E-state index contributed by atoms with van der Waals surface area (Å²) in [6, 6.07) is -2.72. The first-order valence-corrected chi connectivity index (χ1v) is 12.6. The second-order valence-corrected chi connectivity index (χ2v) is 9.85. The van der Waals surface area contributed by atoms with Crippen molar-refractivity contribution in [3.05, 3.63) is 0 Å². The quantitative estimate of drug-likeness (QED) is 0.120. The summed E-state index contributed by atoms with van der Waals surface area (Å²) in [6.07, 6.45) is -21.0. The number of hydrogen-bond donors (Lipinski definition) is 11. The van der Waals surface area contributed by atoms with Crippen LogP contribution in [0.2, 0.25) is 0 Å². The van der Waals surface area contributed by atoms with Gasteiger partial charge in [0.05, 0.1) is 19.8 Å². The van der Waals surface area contributed by atoms with Crippen LogP contribution in [0, 0.1) is 0 Å². The van der Waals surface area contributed by atoms with Crippen molar-refractivity contribution in [2.45, 2.75) is 106 Å². The van der Waals surface area contributed by atoms with Gasteiger partial charge in [-0.25, -0.2) is 0 Å². The average molecular weight is 587 g/mol. The lowest BCUT2D eigenvalue weighted by Gasteiger charge is -2.47. The van der Waals surface area contributed by atoms with Crippen LogP contribution in [0.15, 0.2) is 0 Å². The zero-order valence-corrected chi connectivity index (χ0v) is 21.7. The van der Waals surface area contributed by atoms with Crippen molar-refractivity contribution in [2.75, 3.05) is 19.8 Å². The molecule has 0 aromatic rings. The van der Waals surface area contributed by atoms with E-state index >= 15 is 0 Å². The minimum Gasteiger partial charge on any atom is -0.394 e. The molecule has 3 fully saturated rings. The van der Waals surface area contributed by atoms with Crippen molar-refractivity contribution in [1.29, 1.82) is 0 Å². The highest BCUT2D eigenvalue weighted by atomic mass is 16.7. The Bertz CT molecular complexity index is 852. The van der Waals surface area contributed by atoms with Gasteiger partial charge in [-0.2, -0.15) is 0 Å². The van der Waals surface area contributed by atoms with E-state index in [2.05, 4.69) is 10.6 Å². The van der Waals surface area contributed by atoms with Crippen LogP contribution in [-0.2, 0) is 33.3 Å². The molecule has 0 radical (unpaired) electrons. The predicted octanol–water partition coefficient (Wildman–Crippen LogP) is -7.29. The van der Waals surface area contributed by atoms with Crippen molar-refractivity contribution in [3.8, 4) is 0 Å². The van der Waals surface area contributed by atoms with Gasteiger partial charge >= 0.3 is 0 Å².